The van der Waals surface area contributed by atoms with E-state index in [4.69, 9.17) is 0 Å². The van der Waals surface area contributed by atoms with Crippen LogP contribution >= 0.6 is 0 Å². The zero-order valence-corrected chi connectivity index (χ0v) is 13.0. The highest BCUT2D eigenvalue weighted by Crippen LogP contribution is 2.37. The van der Waals surface area contributed by atoms with E-state index >= 15 is 0 Å². The molecule has 1 aliphatic heterocycles. The van der Waals surface area contributed by atoms with E-state index in [0.29, 0.717) is 11.3 Å². The second-order valence-corrected chi connectivity index (χ2v) is 5.35. The van der Waals surface area contributed by atoms with Crippen LogP contribution in [0.5, 0.6) is 0 Å². The van der Waals surface area contributed by atoms with Gasteiger partial charge >= 0.3 is 12.1 Å². The molecule has 2 aromatic rings. The Bertz CT molecular complexity index is 901. The first kappa shape index (κ1) is 16.8. The molecule has 1 N–H and O–H groups in total. The molecular formula is C18H12F3NO3. The third-order valence-electron chi connectivity index (χ3n) is 3.79. The minimum Gasteiger partial charge on any atom is -0.465 e. The fourth-order valence-electron chi connectivity index (χ4n) is 2.62. The molecule has 0 fully saturated rings. The van der Waals surface area contributed by atoms with E-state index in [-0.39, 0.29) is 16.7 Å². The Morgan fingerprint density at radius 3 is 2.56 bits per heavy atom. The Morgan fingerprint density at radius 2 is 1.88 bits per heavy atom. The number of anilines is 1. The van der Waals surface area contributed by atoms with Crippen molar-refractivity contribution in [2.45, 2.75) is 6.18 Å². The van der Waals surface area contributed by atoms with E-state index in [1.807, 2.05) is 0 Å². The molecule has 0 atom stereocenters. The summed E-state index contributed by atoms with van der Waals surface area (Å²) in [6.45, 7) is 0. The highest BCUT2D eigenvalue weighted by Gasteiger charge is 2.33. The first-order chi connectivity index (χ1) is 11.8. The second-order valence-electron chi connectivity index (χ2n) is 5.35. The average molecular weight is 347 g/mol. The number of alkyl halides is 3. The smallest absolute Gasteiger partial charge is 0.416 e. The molecule has 2 aromatic carbocycles. The zero-order chi connectivity index (χ0) is 18.2. The Kier molecular flexibility index (Phi) is 4.08. The second kappa shape index (κ2) is 6.08. The summed E-state index contributed by atoms with van der Waals surface area (Å²) in [4.78, 5) is 23.7. The molecule has 0 bridgehead atoms. The molecule has 0 aromatic heterocycles. The molecule has 1 amide bonds. The highest BCUT2D eigenvalue weighted by atomic mass is 19.4. The first-order valence-corrected chi connectivity index (χ1v) is 7.23. The summed E-state index contributed by atoms with van der Waals surface area (Å²) in [5, 5.41) is 2.55. The zero-order valence-electron chi connectivity index (χ0n) is 13.0. The van der Waals surface area contributed by atoms with Crippen LogP contribution < -0.4 is 5.32 Å². The quantitative estimate of drug-likeness (QED) is 0.660. The van der Waals surface area contributed by atoms with Crippen molar-refractivity contribution in [3.63, 3.8) is 0 Å². The summed E-state index contributed by atoms with van der Waals surface area (Å²) in [5.74, 6) is -1.11. The number of fused-ring (bicyclic) bond motifs is 1. The summed E-state index contributed by atoms with van der Waals surface area (Å²) in [7, 11) is 1.23. The van der Waals surface area contributed by atoms with Crippen molar-refractivity contribution < 1.29 is 27.5 Å². The molecule has 3 rings (SSSR count). The van der Waals surface area contributed by atoms with Gasteiger partial charge in [-0.1, -0.05) is 24.3 Å². The third-order valence-corrected chi connectivity index (χ3v) is 3.79. The summed E-state index contributed by atoms with van der Waals surface area (Å²) in [5.41, 5.74) is 0.180. The van der Waals surface area contributed by atoms with Crippen molar-refractivity contribution in [3.05, 3.63) is 64.7 Å². The summed E-state index contributed by atoms with van der Waals surface area (Å²) >= 11 is 0. The number of benzene rings is 2. The topological polar surface area (TPSA) is 55.4 Å². The minimum absolute atomic E-state index is 0.100. The monoisotopic (exact) mass is 347 g/mol. The number of ether oxygens (including phenoxy) is 1. The van der Waals surface area contributed by atoms with Gasteiger partial charge in [0.05, 0.1) is 18.2 Å². The molecule has 25 heavy (non-hydrogen) atoms. The van der Waals surface area contributed by atoms with E-state index in [1.165, 1.54) is 49.6 Å². The molecule has 0 unspecified atom stereocenters. The van der Waals surface area contributed by atoms with E-state index < -0.39 is 23.6 Å². The lowest BCUT2D eigenvalue weighted by atomic mass is 9.99. The van der Waals surface area contributed by atoms with Gasteiger partial charge in [0.25, 0.3) is 5.91 Å². The number of nitrogens with one attached hydrogen (secondary N) is 1. The lowest BCUT2D eigenvalue weighted by molar-refractivity contribution is -0.137. The molecule has 7 heteroatoms. The van der Waals surface area contributed by atoms with Gasteiger partial charge in [-0.25, -0.2) is 4.79 Å². The van der Waals surface area contributed by atoms with E-state index in [1.54, 1.807) is 0 Å². The third kappa shape index (κ3) is 3.13. The van der Waals surface area contributed by atoms with Crippen molar-refractivity contribution in [1.29, 1.82) is 0 Å². The number of esters is 1. The van der Waals surface area contributed by atoms with Gasteiger partial charge in [0, 0.05) is 16.8 Å². The van der Waals surface area contributed by atoms with Crippen LogP contribution in [0.2, 0.25) is 0 Å². The van der Waals surface area contributed by atoms with Gasteiger partial charge in [-0.2, -0.15) is 13.2 Å². The van der Waals surface area contributed by atoms with Gasteiger partial charge in [0.1, 0.15) is 0 Å². The maximum Gasteiger partial charge on any atom is 0.416 e. The minimum atomic E-state index is -4.53. The van der Waals surface area contributed by atoms with Gasteiger partial charge in [-0.05, 0) is 29.8 Å². The Balaban J connectivity index is 2.08. The van der Waals surface area contributed by atoms with Gasteiger partial charge in [0.2, 0.25) is 0 Å². The largest absolute Gasteiger partial charge is 0.465 e. The number of hydrogen-bond donors (Lipinski definition) is 1. The predicted octanol–water partition coefficient (Wildman–Crippen LogP) is 3.98. The van der Waals surface area contributed by atoms with Crippen LogP contribution in [0.3, 0.4) is 0 Å². The molecule has 0 aliphatic carbocycles. The SMILES string of the molecule is COC(=O)c1ccc2c(c1)NC(=O)/C2=C\c1ccccc1C(F)(F)F. The lowest BCUT2D eigenvalue weighted by Crippen LogP contribution is -2.08. The fraction of sp³-hybridized carbons (Fsp3) is 0.111. The van der Waals surface area contributed by atoms with Crippen LogP contribution in [-0.4, -0.2) is 19.0 Å². The van der Waals surface area contributed by atoms with Crippen molar-refractivity contribution in [1.82, 2.24) is 0 Å². The highest BCUT2D eigenvalue weighted by molar-refractivity contribution is 6.35. The Morgan fingerprint density at radius 1 is 1.16 bits per heavy atom. The molecule has 128 valence electrons. The van der Waals surface area contributed by atoms with E-state index in [0.717, 1.165) is 6.07 Å². The summed E-state index contributed by atoms with van der Waals surface area (Å²) in [6, 6.07) is 9.39. The lowest BCUT2D eigenvalue weighted by Gasteiger charge is -2.10. The first-order valence-electron chi connectivity index (χ1n) is 7.23. The number of carbonyl (C=O) groups is 2. The van der Waals surface area contributed by atoms with Crippen LogP contribution in [0.4, 0.5) is 18.9 Å². The normalized spacial score (nSPS) is 15.0. The van der Waals surface area contributed by atoms with E-state index in [9.17, 15) is 22.8 Å². The van der Waals surface area contributed by atoms with Crippen LogP contribution in [-0.2, 0) is 15.7 Å². The van der Waals surface area contributed by atoms with Crippen LogP contribution in [0.1, 0.15) is 27.0 Å². The van der Waals surface area contributed by atoms with Crippen molar-refractivity contribution >= 4 is 29.2 Å². The average Bonchev–Trinajstić information content (AvgIpc) is 2.88. The molecule has 4 nitrogen and oxygen atoms in total. The fourth-order valence-corrected chi connectivity index (χ4v) is 2.62. The van der Waals surface area contributed by atoms with Gasteiger partial charge < -0.3 is 10.1 Å². The van der Waals surface area contributed by atoms with Gasteiger partial charge in [-0.3, -0.25) is 4.79 Å². The van der Waals surface area contributed by atoms with Crippen LogP contribution in [0.15, 0.2) is 42.5 Å². The van der Waals surface area contributed by atoms with Crippen LogP contribution in [0, 0.1) is 0 Å². The number of carbonyl (C=O) groups excluding carboxylic acids is 2. The number of halogens is 3. The maximum atomic E-state index is 13.1. The van der Waals surface area contributed by atoms with Crippen molar-refractivity contribution in [2.24, 2.45) is 0 Å². The number of hydrogen-bond acceptors (Lipinski definition) is 3. The molecule has 0 saturated carbocycles. The van der Waals surface area contributed by atoms with Crippen LogP contribution in [0.25, 0.3) is 11.6 Å². The maximum absolute atomic E-state index is 13.1. The van der Waals surface area contributed by atoms with E-state index in [2.05, 4.69) is 10.1 Å². The Hall–Kier alpha value is -3.09. The predicted molar refractivity (Wildman–Crippen MR) is 85.7 cm³/mol. The molecule has 0 spiro atoms. The summed E-state index contributed by atoms with van der Waals surface area (Å²) in [6.07, 6.45) is -3.33. The standard InChI is InChI=1S/C18H12F3NO3/c1-25-17(24)11-6-7-12-13(16(23)22-15(12)9-11)8-10-4-2-3-5-14(10)18(19,20)21/h2-9H,1H3,(H,22,23)/b13-8-. The number of rotatable bonds is 2. The van der Waals surface area contributed by atoms with Crippen molar-refractivity contribution in [3.8, 4) is 0 Å². The summed E-state index contributed by atoms with van der Waals surface area (Å²) < 4.78 is 44.0. The molecular weight excluding hydrogens is 335 g/mol. The van der Waals surface area contributed by atoms with Gasteiger partial charge in [-0.15, -0.1) is 0 Å². The number of methoxy groups -OCH3 is 1. The molecule has 1 heterocycles. The number of amides is 1. The van der Waals surface area contributed by atoms with Crippen molar-refractivity contribution in [2.75, 3.05) is 12.4 Å². The molecule has 1 aliphatic rings. The molecule has 0 radical (unpaired) electrons. The Labute approximate surface area is 140 Å². The molecule has 0 saturated heterocycles. The van der Waals surface area contributed by atoms with Gasteiger partial charge in [0.15, 0.2) is 0 Å².